The van der Waals surface area contributed by atoms with Gasteiger partial charge < -0.3 is 10.0 Å². The minimum Gasteiger partial charge on any atom is -0.481 e. The Kier molecular flexibility index (Phi) is 4.18. The summed E-state index contributed by atoms with van der Waals surface area (Å²) in [5, 5.41) is 8.71. The van der Waals surface area contributed by atoms with Gasteiger partial charge in [0.1, 0.15) is 0 Å². The normalized spacial score (nSPS) is 21.8. The third-order valence-corrected chi connectivity index (χ3v) is 3.58. The minimum atomic E-state index is -0.674. The van der Waals surface area contributed by atoms with Crippen LogP contribution in [-0.2, 0) is 4.79 Å². The molecule has 16 heavy (non-hydrogen) atoms. The topological polar surface area (TPSA) is 43.8 Å². The average Bonchev–Trinajstić information content (AvgIpc) is 2.95. The molecule has 0 spiro atoms. The summed E-state index contributed by atoms with van der Waals surface area (Å²) in [7, 11) is 0. The van der Waals surface area contributed by atoms with Gasteiger partial charge in [-0.15, -0.1) is 0 Å². The summed E-state index contributed by atoms with van der Waals surface area (Å²) in [4.78, 5) is 15.4. The Hall–Kier alpha value is -0.610. The van der Waals surface area contributed by atoms with Crippen molar-refractivity contribution in [3.8, 4) is 0 Å². The first-order chi connectivity index (χ1) is 7.75. The van der Waals surface area contributed by atoms with Gasteiger partial charge in [-0.2, -0.15) is 0 Å². The van der Waals surface area contributed by atoms with Crippen molar-refractivity contribution in [2.45, 2.75) is 38.1 Å². The molecule has 0 aromatic rings. The summed E-state index contributed by atoms with van der Waals surface area (Å²) in [5.41, 5.74) is 0. The van der Waals surface area contributed by atoms with Crippen molar-refractivity contribution in [3.05, 3.63) is 0 Å². The van der Waals surface area contributed by atoms with Gasteiger partial charge in [0.2, 0.25) is 0 Å². The number of hydrogen-bond donors (Lipinski definition) is 1. The summed E-state index contributed by atoms with van der Waals surface area (Å²) in [6.45, 7) is 5.37. The number of likely N-dealkylation sites (tertiary alicyclic amines) is 1. The summed E-state index contributed by atoms with van der Waals surface area (Å²) in [6, 6.07) is 0.682. The van der Waals surface area contributed by atoms with Gasteiger partial charge in [0, 0.05) is 25.7 Å². The van der Waals surface area contributed by atoms with E-state index in [2.05, 4.69) is 9.80 Å². The Morgan fingerprint density at radius 1 is 1.25 bits per heavy atom. The Labute approximate surface area is 97.2 Å². The van der Waals surface area contributed by atoms with Crippen LogP contribution in [0, 0.1) is 0 Å². The molecule has 2 fully saturated rings. The van der Waals surface area contributed by atoms with Gasteiger partial charge in [0.25, 0.3) is 0 Å². The highest BCUT2D eigenvalue weighted by atomic mass is 16.4. The molecular weight excluding hydrogens is 204 g/mol. The highest BCUT2D eigenvalue weighted by Gasteiger charge is 2.29. The first-order valence-electron chi connectivity index (χ1n) is 6.44. The second-order valence-corrected chi connectivity index (χ2v) is 4.96. The molecule has 1 saturated heterocycles. The predicted octanol–water partition coefficient (Wildman–Crippen LogP) is 1.02. The van der Waals surface area contributed by atoms with Crippen molar-refractivity contribution in [2.75, 3.05) is 32.7 Å². The van der Waals surface area contributed by atoms with Crippen LogP contribution in [0.5, 0.6) is 0 Å². The van der Waals surface area contributed by atoms with Crippen LogP contribution in [0.1, 0.15) is 32.1 Å². The SMILES string of the molecule is O=C(O)CCN(CCN1CCCC1)C1CC1. The number of carboxylic acid groups (broad SMARTS) is 1. The maximum absolute atomic E-state index is 10.6. The van der Waals surface area contributed by atoms with Gasteiger partial charge in [-0.1, -0.05) is 0 Å². The third-order valence-electron chi connectivity index (χ3n) is 3.58. The van der Waals surface area contributed by atoms with E-state index in [9.17, 15) is 4.79 Å². The zero-order chi connectivity index (χ0) is 11.4. The molecule has 0 bridgehead atoms. The molecule has 0 aromatic heterocycles. The van der Waals surface area contributed by atoms with E-state index in [1.54, 1.807) is 0 Å². The van der Waals surface area contributed by atoms with Crippen molar-refractivity contribution in [1.29, 1.82) is 0 Å². The molecule has 2 rings (SSSR count). The lowest BCUT2D eigenvalue weighted by Gasteiger charge is -2.24. The Morgan fingerprint density at radius 2 is 1.94 bits per heavy atom. The van der Waals surface area contributed by atoms with Gasteiger partial charge in [-0.25, -0.2) is 0 Å². The maximum Gasteiger partial charge on any atom is 0.304 e. The summed E-state index contributed by atoms with van der Waals surface area (Å²) in [5.74, 6) is -0.674. The van der Waals surface area contributed by atoms with Crippen molar-refractivity contribution in [1.82, 2.24) is 9.80 Å². The summed E-state index contributed by atoms with van der Waals surface area (Å²) >= 11 is 0. The molecule has 0 aromatic carbocycles. The van der Waals surface area contributed by atoms with Crippen molar-refractivity contribution >= 4 is 5.97 Å². The van der Waals surface area contributed by atoms with E-state index >= 15 is 0 Å². The summed E-state index contributed by atoms with van der Waals surface area (Å²) in [6.07, 6.45) is 5.48. The molecule has 1 N–H and O–H groups in total. The number of carboxylic acids is 1. The molecule has 2 aliphatic rings. The molecule has 0 amide bonds. The highest BCUT2D eigenvalue weighted by molar-refractivity contribution is 5.66. The van der Waals surface area contributed by atoms with Gasteiger partial charge in [-0.3, -0.25) is 9.69 Å². The van der Waals surface area contributed by atoms with Crippen LogP contribution in [0.3, 0.4) is 0 Å². The Balaban J connectivity index is 1.67. The monoisotopic (exact) mass is 226 g/mol. The smallest absolute Gasteiger partial charge is 0.304 e. The van der Waals surface area contributed by atoms with E-state index in [0.29, 0.717) is 6.04 Å². The number of hydrogen-bond acceptors (Lipinski definition) is 3. The van der Waals surface area contributed by atoms with Crippen LogP contribution >= 0.6 is 0 Å². The number of nitrogens with zero attached hydrogens (tertiary/aromatic N) is 2. The number of carbonyl (C=O) groups is 1. The lowest BCUT2D eigenvalue weighted by molar-refractivity contribution is -0.137. The zero-order valence-electron chi connectivity index (χ0n) is 9.90. The second-order valence-electron chi connectivity index (χ2n) is 4.96. The van der Waals surface area contributed by atoms with Crippen molar-refractivity contribution in [2.24, 2.45) is 0 Å². The molecule has 0 radical (unpaired) electrons. The fraction of sp³-hybridized carbons (Fsp3) is 0.917. The largest absolute Gasteiger partial charge is 0.481 e. The van der Waals surface area contributed by atoms with Crippen LogP contribution in [0.25, 0.3) is 0 Å². The zero-order valence-corrected chi connectivity index (χ0v) is 9.90. The molecule has 92 valence electrons. The van der Waals surface area contributed by atoms with Crippen LogP contribution in [0.4, 0.5) is 0 Å². The van der Waals surface area contributed by atoms with Crippen LogP contribution in [-0.4, -0.2) is 59.6 Å². The van der Waals surface area contributed by atoms with Crippen molar-refractivity contribution in [3.63, 3.8) is 0 Å². The van der Waals surface area contributed by atoms with E-state index < -0.39 is 5.97 Å². The first-order valence-corrected chi connectivity index (χ1v) is 6.44. The third kappa shape index (κ3) is 3.76. The van der Waals surface area contributed by atoms with E-state index in [4.69, 9.17) is 5.11 Å². The van der Waals surface area contributed by atoms with Gasteiger partial charge >= 0.3 is 5.97 Å². The predicted molar refractivity (Wildman–Crippen MR) is 62.5 cm³/mol. The lowest BCUT2D eigenvalue weighted by atomic mass is 10.3. The van der Waals surface area contributed by atoms with E-state index in [0.717, 1.165) is 19.6 Å². The molecule has 1 aliphatic heterocycles. The van der Waals surface area contributed by atoms with Gasteiger partial charge in [-0.05, 0) is 38.8 Å². The van der Waals surface area contributed by atoms with Crippen molar-refractivity contribution < 1.29 is 9.90 Å². The Bertz CT molecular complexity index is 235. The molecule has 1 aliphatic carbocycles. The van der Waals surface area contributed by atoms with Crippen LogP contribution < -0.4 is 0 Å². The minimum absolute atomic E-state index is 0.288. The number of aliphatic carboxylic acids is 1. The summed E-state index contributed by atoms with van der Waals surface area (Å²) < 4.78 is 0. The van der Waals surface area contributed by atoms with Crippen LogP contribution in [0.15, 0.2) is 0 Å². The maximum atomic E-state index is 10.6. The first kappa shape index (κ1) is 11.9. The van der Waals surface area contributed by atoms with Crippen LogP contribution in [0.2, 0.25) is 0 Å². The lowest BCUT2D eigenvalue weighted by Crippen LogP contribution is -2.36. The van der Waals surface area contributed by atoms with E-state index in [1.165, 1.54) is 38.8 Å². The van der Waals surface area contributed by atoms with Gasteiger partial charge in [0.05, 0.1) is 6.42 Å². The molecular formula is C12H22N2O2. The van der Waals surface area contributed by atoms with E-state index in [-0.39, 0.29) is 6.42 Å². The molecule has 4 nitrogen and oxygen atoms in total. The molecule has 0 unspecified atom stereocenters. The molecule has 1 heterocycles. The fourth-order valence-corrected chi connectivity index (χ4v) is 2.43. The second kappa shape index (κ2) is 5.64. The average molecular weight is 226 g/mol. The fourth-order valence-electron chi connectivity index (χ4n) is 2.43. The number of rotatable bonds is 7. The molecule has 4 heteroatoms. The standard InChI is InChI=1S/C12H22N2O2/c15-12(16)5-8-14(11-3-4-11)10-9-13-6-1-2-7-13/h11H,1-10H2,(H,15,16). The Morgan fingerprint density at radius 3 is 2.50 bits per heavy atom. The van der Waals surface area contributed by atoms with E-state index in [1.807, 2.05) is 0 Å². The molecule has 1 saturated carbocycles. The molecule has 0 atom stereocenters. The highest BCUT2D eigenvalue weighted by Crippen LogP contribution is 2.26. The quantitative estimate of drug-likeness (QED) is 0.704. The van der Waals surface area contributed by atoms with Gasteiger partial charge in [0.15, 0.2) is 0 Å².